The van der Waals surface area contributed by atoms with Crippen molar-refractivity contribution in [2.24, 2.45) is 0 Å². The number of fused-ring (bicyclic) bond motifs is 1. The lowest BCUT2D eigenvalue weighted by molar-refractivity contribution is -0.136. The number of anilines is 1. The van der Waals surface area contributed by atoms with E-state index in [-0.39, 0.29) is 18.2 Å². The highest BCUT2D eigenvalue weighted by Crippen LogP contribution is 2.30. The van der Waals surface area contributed by atoms with E-state index in [1.54, 1.807) is 22.3 Å². The number of carbonyl (C=O) groups excluding carboxylic acids is 3. The van der Waals surface area contributed by atoms with Gasteiger partial charge in [0.25, 0.3) is 5.91 Å². The molecule has 28 heavy (non-hydrogen) atoms. The van der Waals surface area contributed by atoms with Gasteiger partial charge in [0.1, 0.15) is 6.04 Å². The molecule has 0 spiro atoms. The maximum atomic E-state index is 12.8. The molecular weight excluding hydrogens is 378 g/mol. The van der Waals surface area contributed by atoms with E-state index in [9.17, 15) is 14.4 Å². The standard InChI is InChI=1S/C19H21N5O3S/c1-20-8-12-10-28-19(22-12)21-7-11-3-2-4-13-14(11)9-24(18(13)27)15-5-6-16(25)23-17(15)26/h2-4,10,15,20H,5-9H2,1H3,(H,21,22)(H,23,25,26). The van der Waals surface area contributed by atoms with Gasteiger partial charge in [0.15, 0.2) is 5.13 Å². The highest BCUT2D eigenvalue weighted by molar-refractivity contribution is 7.13. The fourth-order valence-corrected chi connectivity index (χ4v) is 4.35. The highest BCUT2D eigenvalue weighted by atomic mass is 32.1. The first kappa shape index (κ1) is 18.6. The molecule has 8 nitrogen and oxygen atoms in total. The van der Waals surface area contributed by atoms with Gasteiger partial charge in [0.05, 0.1) is 5.69 Å². The highest BCUT2D eigenvalue weighted by Gasteiger charge is 2.39. The summed E-state index contributed by atoms with van der Waals surface area (Å²) in [5, 5.41) is 11.6. The van der Waals surface area contributed by atoms with Gasteiger partial charge < -0.3 is 15.5 Å². The van der Waals surface area contributed by atoms with Crippen LogP contribution in [0.15, 0.2) is 23.6 Å². The SMILES string of the molecule is CNCc1csc(NCc2cccc3c2CN(C2CCC(=O)NC2=O)C3=O)n1. The second-order valence-corrected chi connectivity index (χ2v) is 7.73. The molecule has 2 aliphatic heterocycles. The molecule has 0 saturated carbocycles. The summed E-state index contributed by atoms with van der Waals surface area (Å²) in [5.74, 6) is -0.828. The van der Waals surface area contributed by atoms with Crippen molar-refractivity contribution in [3.05, 3.63) is 46.0 Å². The van der Waals surface area contributed by atoms with Gasteiger partial charge in [-0.3, -0.25) is 19.7 Å². The van der Waals surface area contributed by atoms with Crippen LogP contribution in [-0.2, 0) is 29.2 Å². The molecule has 3 N–H and O–H groups in total. The monoisotopic (exact) mass is 399 g/mol. The van der Waals surface area contributed by atoms with Crippen molar-refractivity contribution in [1.82, 2.24) is 20.5 Å². The zero-order valence-electron chi connectivity index (χ0n) is 15.4. The van der Waals surface area contributed by atoms with E-state index < -0.39 is 11.9 Å². The van der Waals surface area contributed by atoms with E-state index in [1.165, 1.54) is 0 Å². The Bertz CT molecular complexity index is 941. The summed E-state index contributed by atoms with van der Waals surface area (Å²) in [6.07, 6.45) is 0.620. The fourth-order valence-electron chi connectivity index (χ4n) is 3.64. The van der Waals surface area contributed by atoms with Crippen molar-refractivity contribution in [1.29, 1.82) is 0 Å². The van der Waals surface area contributed by atoms with Crippen LogP contribution in [-0.4, -0.2) is 40.7 Å². The van der Waals surface area contributed by atoms with Crippen molar-refractivity contribution in [2.75, 3.05) is 12.4 Å². The Kier molecular flexibility index (Phi) is 5.10. The molecule has 9 heteroatoms. The fraction of sp³-hybridized carbons (Fsp3) is 0.368. The molecule has 2 aromatic rings. The van der Waals surface area contributed by atoms with Crippen LogP contribution in [0.3, 0.4) is 0 Å². The van der Waals surface area contributed by atoms with Gasteiger partial charge >= 0.3 is 0 Å². The zero-order chi connectivity index (χ0) is 19.7. The Balaban J connectivity index is 1.49. The van der Waals surface area contributed by atoms with E-state index in [2.05, 4.69) is 20.9 Å². The van der Waals surface area contributed by atoms with E-state index in [4.69, 9.17) is 0 Å². The number of benzene rings is 1. The van der Waals surface area contributed by atoms with Crippen molar-refractivity contribution in [3.8, 4) is 0 Å². The maximum Gasteiger partial charge on any atom is 0.255 e. The van der Waals surface area contributed by atoms with Gasteiger partial charge in [-0.05, 0) is 30.7 Å². The lowest BCUT2D eigenvalue weighted by Gasteiger charge is -2.29. The summed E-state index contributed by atoms with van der Waals surface area (Å²) in [6.45, 7) is 1.64. The van der Waals surface area contributed by atoms with Gasteiger partial charge in [-0.1, -0.05) is 12.1 Å². The number of aromatic nitrogens is 1. The first-order valence-corrected chi connectivity index (χ1v) is 10.0. The van der Waals surface area contributed by atoms with Crippen LogP contribution >= 0.6 is 11.3 Å². The first-order valence-electron chi connectivity index (χ1n) is 9.15. The average molecular weight is 399 g/mol. The number of hydrogen-bond acceptors (Lipinski definition) is 7. The van der Waals surface area contributed by atoms with E-state index >= 15 is 0 Å². The predicted molar refractivity (Wildman–Crippen MR) is 105 cm³/mol. The lowest BCUT2D eigenvalue weighted by atomic mass is 10.0. The molecule has 0 bridgehead atoms. The minimum atomic E-state index is -0.596. The summed E-state index contributed by atoms with van der Waals surface area (Å²) >= 11 is 1.54. The number of hydrogen-bond donors (Lipinski definition) is 3. The number of carbonyl (C=O) groups is 3. The molecule has 0 radical (unpaired) electrons. The second kappa shape index (κ2) is 7.69. The third-order valence-corrected chi connectivity index (χ3v) is 5.87. The molecule has 3 amide bonds. The summed E-state index contributed by atoms with van der Waals surface area (Å²) in [7, 11) is 1.88. The van der Waals surface area contributed by atoms with Crippen molar-refractivity contribution >= 4 is 34.2 Å². The van der Waals surface area contributed by atoms with Crippen LogP contribution in [0.1, 0.15) is 40.0 Å². The lowest BCUT2D eigenvalue weighted by Crippen LogP contribution is -2.52. The Morgan fingerprint density at radius 2 is 2.14 bits per heavy atom. The molecule has 1 aromatic carbocycles. The minimum absolute atomic E-state index is 0.156. The molecule has 1 fully saturated rings. The summed E-state index contributed by atoms with van der Waals surface area (Å²) in [4.78, 5) is 42.5. The largest absolute Gasteiger partial charge is 0.357 e. The summed E-state index contributed by atoms with van der Waals surface area (Å²) < 4.78 is 0. The van der Waals surface area contributed by atoms with Gasteiger partial charge in [-0.2, -0.15) is 0 Å². The van der Waals surface area contributed by atoms with Crippen LogP contribution < -0.4 is 16.0 Å². The Hall–Kier alpha value is -2.78. The molecular formula is C19H21N5O3S. The third kappa shape index (κ3) is 3.50. The Labute approximate surface area is 166 Å². The molecule has 3 heterocycles. The number of rotatable bonds is 6. The smallest absolute Gasteiger partial charge is 0.255 e. The molecule has 2 aliphatic rings. The normalized spacial score (nSPS) is 19.0. The summed E-state index contributed by atoms with van der Waals surface area (Å²) in [6, 6.07) is 5.04. The minimum Gasteiger partial charge on any atom is -0.357 e. The van der Waals surface area contributed by atoms with Crippen LogP contribution in [0, 0.1) is 0 Å². The van der Waals surface area contributed by atoms with Crippen LogP contribution in [0.2, 0.25) is 0 Å². The van der Waals surface area contributed by atoms with E-state index in [0.29, 0.717) is 31.6 Å². The van der Waals surface area contributed by atoms with E-state index in [1.807, 2.05) is 24.6 Å². The number of amides is 3. The summed E-state index contributed by atoms with van der Waals surface area (Å²) in [5.41, 5.74) is 3.54. The first-order chi connectivity index (χ1) is 13.6. The second-order valence-electron chi connectivity index (χ2n) is 6.87. The maximum absolute atomic E-state index is 12.8. The van der Waals surface area contributed by atoms with Crippen molar-refractivity contribution < 1.29 is 14.4 Å². The average Bonchev–Trinajstić information content (AvgIpc) is 3.26. The van der Waals surface area contributed by atoms with Crippen molar-refractivity contribution in [3.63, 3.8) is 0 Å². The number of nitrogens with zero attached hydrogens (tertiary/aromatic N) is 2. The van der Waals surface area contributed by atoms with Crippen LogP contribution in [0.25, 0.3) is 0 Å². The van der Waals surface area contributed by atoms with Crippen molar-refractivity contribution in [2.45, 2.75) is 38.5 Å². The van der Waals surface area contributed by atoms with E-state index in [0.717, 1.165) is 22.0 Å². The Morgan fingerprint density at radius 1 is 1.29 bits per heavy atom. The predicted octanol–water partition coefficient (Wildman–Crippen LogP) is 1.24. The number of nitrogens with one attached hydrogen (secondary N) is 3. The Morgan fingerprint density at radius 3 is 2.93 bits per heavy atom. The van der Waals surface area contributed by atoms with Crippen LogP contribution in [0.5, 0.6) is 0 Å². The zero-order valence-corrected chi connectivity index (χ0v) is 16.3. The van der Waals surface area contributed by atoms with Gasteiger partial charge in [0, 0.05) is 37.0 Å². The number of thiazole rings is 1. The number of imide groups is 1. The third-order valence-electron chi connectivity index (χ3n) is 5.02. The molecule has 1 unspecified atom stereocenters. The quantitative estimate of drug-likeness (QED) is 0.632. The topological polar surface area (TPSA) is 103 Å². The molecule has 146 valence electrons. The molecule has 4 rings (SSSR count). The number of piperidine rings is 1. The van der Waals surface area contributed by atoms with Crippen LogP contribution in [0.4, 0.5) is 5.13 Å². The van der Waals surface area contributed by atoms with Gasteiger partial charge in [0.2, 0.25) is 11.8 Å². The van der Waals surface area contributed by atoms with Gasteiger partial charge in [-0.25, -0.2) is 4.98 Å². The molecule has 1 aromatic heterocycles. The molecule has 1 atom stereocenters. The molecule has 1 saturated heterocycles. The van der Waals surface area contributed by atoms with Gasteiger partial charge in [-0.15, -0.1) is 11.3 Å². The molecule has 0 aliphatic carbocycles.